The number of amides is 1. The number of hydrogen-bond donors (Lipinski definition) is 0. The third kappa shape index (κ3) is 3.04. The van der Waals surface area contributed by atoms with Gasteiger partial charge in [0, 0.05) is 24.7 Å². The minimum absolute atomic E-state index is 0.0228. The van der Waals surface area contributed by atoms with Gasteiger partial charge in [-0.2, -0.15) is 0 Å². The largest absolute Gasteiger partial charge is 0.339 e. The van der Waals surface area contributed by atoms with Crippen molar-refractivity contribution >= 4 is 34.8 Å². The summed E-state index contributed by atoms with van der Waals surface area (Å²) in [6.07, 6.45) is 1.88. The molecule has 1 heterocycles. The van der Waals surface area contributed by atoms with Crippen LogP contribution < -0.4 is 0 Å². The summed E-state index contributed by atoms with van der Waals surface area (Å²) in [6.45, 7) is 3.47. The van der Waals surface area contributed by atoms with Gasteiger partial charge in [-0.1, -0.05) is 30.1 Å². The minimum atomic E-state index is -0.636. The molecule has 1 aliphatic rings. The van der Waals surface area contributed by atoms with Crippen molar-refractivity contribution in [1.29, 1.82) is 0 Å². The number of piperidine rings is 1. The fourth-order valence-electron chi connectivity index (χ4n) is 2.23. The molecule has 0 atom stereocenters. The predicted octanol–water partition coefficient (Wildman–Crippen LogP) is 3.77. The summed E-state index contributed by atoms with van der Waals surface area (Å²) in [4.78, 5) is 24.3. The number of hydrogen-bond acceptors (Lipinski definition) is 3. The Kier molecular flexibility index (Phi) is 4.50. The fourth-order valence-corrected chi connectivity index (χ4v) is 2.62. The Morgan fingerprint density at radius 3 is 2.50 bits per heavy atom. The molecular formula is C13H14Cl2N2O3. The van der Waals surface area contributed by atoms with Crippen LogP contribution >= 0.6 is 23.2 Å². The highest BCUT2D eigenvalue weighted by Crippen LogP contribution is 2.33. The highest BCUT2D eigenvalue weighted by Gasteiger charge is 2.25. The summed E-state index contributed by atoms with van der Waals surface area (Å²) in [5.74, 6) is 0.362. The van der Waals surface area contributed by atoms with Gasteiger partial charge in [0.05, 0.1) is 9.95 Å². The molecule has 1 aromatic rings. The van der Waals surface area contributed by atoms with E-state index in [9.17, 15) is 14.9 Å². The Hall–Kier alpha value is -1.33. The minimum Gasteiger partial charge on any atom is -0.339 e. The third-order valence-corrected chi connectivity index (χ3v) is 4.32. The van der Waals surface area contributed by atoms with Crippen LogP contribution in [0.1, 0.15) is 30.1 Å². The zero-order valence-corrected chi connectivity index (χ0v) is 12.4. The van der Waals surface area contributed by atoms with E-state index < -0.39 is 4.92 Å². The van der Waals surface area contributed by atoms with Crippen molar-refractivity contribution in [2.24, 2.45) is 5.92 Å². The van der Waals surface area contributed by atoms with E-state index in [-0.39, 0.29) is 27.2 Å². The summed E-state index contributed by atoms with van der Waals surface area (Å²) in [5.41, 5.74) is -0.131. The molecule has 1 saturated heterocycles. The van der Waals surface area contributed by atoms with Crippen molar-refractivity contribution in [3.63, 3.8) is 0 Å². The Bertz CT molecular complexity index is 555. The second-order valence-electron chi connectivity index (χ2n) is 5.02. The molecule has 108 valence electrons. The van der Waals surface area contributed by atoms with E-state index >= 15 is 0 Å². The number of carbonyl (C=O) groups excluding carboxylic acids is 1. The lowest BCUT2D eigenvalue weighted by Gasteiger charge is -2.30. The second kappa shape index (κ2) is 5.97. The summed E-state index contributed by atoms with van der Waals surface area (Å²) in [6, 6.07) is 2.58. The normalized spacial score (nSPS) is 16.2. The highest BCUT2D eigenvalue weighted by atomic mass is 35.5. The second-order valence-corrected chi connectivity index (χ2v) is 5.81. The maximum atomic E-state index is 12.3. The average molecular weight is 317 g/mol. The molecule has 0 aliphatic carbocycles. The van der Waals surface area contributed by atoms with Crippen LogP contribution in [0, 0.1) is 16.0 Å². The van der Waals surface area contributed by atoms with Gasteiger partial charge in [-0.3, -0.25) is 14.9 Å². The van der Waals surface area contributed by atoms with Crippen molar-refractivity contribution < 1.29 is 9.72 Å². The Morgan fingerprint density at radius 2 is 1.95 bits per heavy atom. The number of nitrogens with zero attached hydrogens (tertiary/aromatic N) is 2. The van der Waals surface area contributed by atoms with Crippen LogP contribution in [0.25, 0.3) is 0 Å². The van der Waals surface area contributed by atoms with Gasteiger partial charge in [-0.25, -0.2) is 0 Å². The first kappa shape index (κ1) is 15.1. The molecule has 0 radical (unpaired) electrons. The van der Waals surface area contributed by atoms with Gasteiger partial charge in [0.25, 0.3) is 11.6 Å². The van der Waals surface area contributed by atoms with E-state index in [1.807, 2.05) is 0 Å². The Labute approximate surface area is 126 Å². The van der Waals surface area contributed by atoms with Gasteiger partial charge in [0.15, 0.2) is 0 Å². The Morgan fingerprint density at radius 1 is 1.35 bits per heavy atom. The van der Waals surface area contributed by atoms with Crippen molar-refractivity contribution in [2.75, 3.05) is 13.1 Å². The summed E-state index contributed by atoms with van der Waals surface area (Å²) >= 11 is 11.6. The monoisotopic (exact) mass is 316 g/mol. The SMILES string of the molecule is CC1CCN(C(=O)c2cc(Cl)c(Cl)c([N+](=O)[O-])c2)CC1. The molecule has 1 amide bonds. The molecule has 0 aromatic heterocycles. The number of likely N-dealkylation sites (tertiary alicyclic amines) is 1. The summed E-state index contributed by atoms with van der Waals surface area (Å²) < 4.78 is 0. The molecule has 1 aromatic carbocycles. The average Bonchev–Trinajstić information content (AvgIpc) is 2.41. The van der Waals surface area contributed by atoms with Crippen LogP contribution in [0.2, 0.25) is 10.0 Å². The van der Waals surface area contributed by atoms with E-state index in [1.54, 1.807) is 4.90 Å². The standard InChI is InChI=1S/C13H14Cl2N2O3/c1-8-2-4-16(5-3-8)13(18)9-6-10(14)12(15)11(7-9)17(19)20/h6-8H,2-5H2,1H3. The van der Waals surface area contributed by atoms with Crippen LogP contribution in [0.15, 0.2) is 12.1 Å². The molecule has 7 heteroatoms. The molecule has 0 bridgehead atoms. The maximum Gasteiger partial charge on any atom is 0.290 e. The summed E-state index contributed by atoms with van der Waals surface area (Å²) in [7, 11) is 0. The maximum absolute atomic E-state index is 12.3. The first-order valence-corrected chi connectivity index (χ1v) is 7.08. The van der Waals surface area contributed by atoms with E-state index in [4.69, 9.17) is 23.2 Å². The van der Waals surface area contributed by atoms with Gasteiger partial charge >= 0.3 is 0 Å². The van der Waals surface area contributed by atoms with Gasteiger partial charge in [-0.15, -0.1) is 0 Å². The zero-order chi connectivity index (χ0) is 14.9. The van der Waals surface area contributed by atoms with Gasteiger partial charge in [0.1, 0.15) is 5.02 Å². The van der Waals surface area contributed by atoms with Gasteiger partial charge < -0.3 is 4.90 Å². The van der Waals surface area contributed by atoms with Crippen LogP contribution in [0.5, 0.6) is 0 Å². The molecule has 2 rings (SSSR count). The molecule has 1 fully saturated rings. The number of carbonyl (C=O) groups is 1. The molecule has 0 spiro atoms. The van der Waals surface area contributed by atoms with Crippen LogP contribution in [-0.2, 0) is 0 Å². The highest BCUT2D eigenvalue weighted by molar-refractivity contribution is 6.43. The van der Waals surface area contributed by atoms with Crippen molar-refractivity contribution in [3.8, 4) is 0 Å². The first-order chi connectivity index (χ1) is 9.40. The van der Waals surface area contributed by atoms with Crippen LogP contribution in [0.3, 0.4) is 0 Å². The lowest BCUT2D eigenvalue weighted by molar-refractivity contribution is -0.384. The smallest absolute Gasteiger partial charge is 0.290 e. The van der Waals surface area contributed by atoms with Crippen molar-refractivity contribution in [1.82, 2.24) is 4.90 Å². The first-order valence-electron chi connectivity index (χ1n) is 6.33. The van der Waals surface area contributed by atoms with E-state index in [1.165, 1.54) is 12.1 Å². The number of halogens is 2. The zero-order valence-electron chi connectivity index (χ0n) is 10.9. The van der Waals surface area contributed by atoms with Crippen LogP contribution in [-0.4, -0.2) is 28.8 Å². The molecule has 1 aliphatic heterocycles. The lowest BCUT2D eigenvalue weighted by atomic mass is 9.98. The molecule has 0 saturated carbocycles. The van der Waals surface area contributed by atoms with E-state index in [2.05, 4.69) is 6.92 Å². The number of rotatable bonds is 2. The third-order valence-electron chi connectivity index (χ3n) is 3.52. The fraction of sp³-hybridized carbons (Fsp3) is 0.462. The van der Waals surface area contributed by atoms with E-state index in [0.29, 0.717) is 19.0 Å². The number of benzene rings is 1. The van der Waals surface area contributed by atoms with Crippen molar-refractivity contribution in [2.45, 2.75) is 19.8 Å². The molecular weight excluding hydrogens is 303 g/mol. The topological polar surface area (TPSA) is 63.5 Å². The molecule has 0 unspecified atom stereocenters. The van der Waals surface area contributed by atoms with Gasteiger partial charge in [-0.05, 0) is 24.8 Å². The molecule has 0 N–H and O–H groups in total. The summed E-state index contributed by atoms with van der Waals surface area (Å²) in [5, 5.41) is 10.8. The van der Waals surface area contributed by atoms with Crippen molar-refractivity contribution in [3.05, 3.63) is 37.9 Å². The Balaban J connectivity index is 2.28. The van der Waals surface area contributed by atoms with Gasteiger partial charge in [0.2, 0.25) is 0 Å². The lowest BCUT2D eigenvalue weighted by Crippen LogP contribution is -2.37. The molecule has 5 nitrogen and oxygen atoms in total. The van der Waals surface area contributed by atoms with E-state index in [0.717, 1.165) is 12.8 Å². The number of nitro benzene ring substituents is 1. The van der Waals surface area contributed by atoms with Crippen LogP contribution in [0.4, 0.5) is 5.69 Å². The molecule has 20 heavy (non-hydrogen) atoms. The number of nitro groups is 1. The predicted molar refractivity (Wildman–Crippen MR) is 77.4 cm³/mol. The quantitative estimate of drug-likeness (QED) is 0.616.